The molecule has 0 N–H and O–H groups in total. The molecule has 2 aliphatic heterocycles. The number of rotatable bonds is 2. The summed E-state index contributed by atoms with van der Waals surface area (Å²) in [5.41, 5.74) is 0.426. The summed E-state index contributed by atoms with van der Waals surface area (Å²) in [6.07, 6.45) is 0.169. The SMILES string of the molecule is CCOC(=O)C1=C(C)O[C@@]2(C)OC(=O)C[C@@H]12. The number of esters is 2. The zero-order chi connectivity index (χ0) is 11.9. The van der Waals surface area contributed by atoms with Crippen LogP contribution in [0, 0.1) is 5.92 Å². The second-order valence-corrected chi connectivity index (χ2v) is 4.04. The van der Waals surface area contributed by atoms with Crippen LogP contribution >= 0.6 is 0 Å². The molecule has 0 amide bonds. The predicted octanol–water partition coefficient (Wildman–Crippen LogP) is 1.13. The van der Waals surface area contributed by atoms with Gasteiger partial charge in [0, 0.05) is 6.92 Å². The van der Waals surface area contributed by atoms with Crippen LogP contribution in [0.3, 0.4) is 0 Å². The second kappa shape index (κ2) is 3.50. The second-order valence-electron chi connectivity index (χ2n) is 4.04. The molecule has 0 saturated carbocycles. The molecule has 16 heavy (non-hydrogen) atoms. The van der Waals surface area contributed by atoms with E-state index in [1.54, 1.807) is 20.8 Å². The van der Waals surface area contributed by atoms with Crippen LogP contribution in [-0.2, 0) is 23.8 Å². The largest absolute Gasteiger partial charge is 0.463 e. The molecule has 5 heteroatoms. The van der Waals surface area contributed by atoms with Crippen LogP contribution in [0.1, 0.15) is 27.2 Å². The molecule has 88 valence electrons. The Balaban J connectivity index is 2.28. The molecule has 2 heterocycles. The third-order valence-electron chi connectivity index (χ3n) is 2.90. The summed E-state index contributed by atoms with van der Waals surface area (Å²) in [6, 6.07) is 0. The highest BCUT2D eigenvalue weighted by molar-refractivity contribution is 5.92. The van der Waals surface area contributed by atoms with Gasteiger partial charge in [-0.1, -0.05) is 0 Å². The van der Waals surface area contributed by atoms with Crippen molar-refractivity contribution in [1.29, 1.82) is 0 Å². The number of fused-ring (bicyclic) bond motifs is 1. The lowest BCUT2D eigenvalue weighted by atomic mass is 9.92. The summed E-state index contributed by atoms with van der Waals surface area (Å²) >= 11 is 0. The summed E-state index contributed by atoms with van der Waals surface area (Å²) in [5, 5.41) is 0. The zero-order valence-corrected chi connectivity index (χ0v) is 9.53. The van der Waals surface area contributed by atoms with E-state index in [0.717, 1.165) is 0 Å². The van der Waals surface area contributed by atoms with E-state index in [1.165, 1.54) is 0 Å². The maximum Gasteiger partial charge on any atom is 0.338 e. The molecule has 0 aliphatic carbocycles. The third-order valence-corrected chi connectivity index (χ3v) is 2.90. The van der Waals surface area contributed by atoms with Crippen LogP contribution in [0.4, 0.5) is 0 Å². The summed E-state index contributed by atoms with van der Waals surface area (Å²) in [5.74, 6) is -1.66. The van der Waals surface area contributed by atoms with Crippen LogP contribution in [0.5, 0.6) is 0 Å². The first-order chi connectivity index (χ1) is 7.48. The molecule has 0 spiro atoms. The predicted molar refractivity (Wildman–Crippen MR) is 53.0 cm³/mol. The quantitative estimate of drug-likeness (QED) is 0.660. The average molecular weight is 226 g/mol. The van der Waals surface area contributed by atoms with Crippen LogP contribution in [0.2, 0.25) is 0 Å². The maximum absolute atomic E-state index is 11.7. The number of allylic oxidation sites excluding steroid dienone is 1. The Hall–Kier alpha value is -1.52. The van der Waals surface area contributed by atoms with Gasteiger partial charge in [-0.3, -0.25) is 4.79 Å². The van der Waals surface area contributed by atoms with Crippen molar-refractivity contribution in [1.82, 2.24) is 0 Å². The number of carbonyl (C=O) groups is 2. The Morgan fingerprint density at radius 3 is 2.88 bits per heavy atom. The highest BCUT2D eigenvalue weighted by atomic mass is 16.7. The van der Waals surface area contributed by atoms with Gasteiger partial charge >= 0.3 is 11.9 Å². The smallest absolute Gasteiger partial charge is 0.338 e. The van der Waals surface area contributed by atoms with E-state index in [-0.39, 0.29) is 18.3 Å². The van der Waals surface area contributed by atoms with Crippen molar-refractivity contribution in [3.05, 3.63) is 11.3 Å². The highest BCUT2D eigenvalue weighted by Gasteiger charge is 2.56. The van der Waals surface area contributed by atoms with E-state index >= 15 is 0 Å². The van der Waals surface area contributed by atoms with Crippen molar-refractivity contribution in [2.24, 2.45) is 5.92 Å². The van der Waals surface area contributed by atoms with E-state index < -0.39 is 11.8 Å². The van der Waals surface area contributed by atoms with Crippen molar-refractivity contribution in [2.75, 3.05) is 6.61 Å². The van der Waals surface area contributed by atoms with Gasteiger partial charge < -0.3 is 14.2 Å². The molecule has 1 fully saturated rings. The lowest BCUT2D eigenvalue weighted by molar-refractivity contribution is -0.188. The zero-order valence-electron chi connectivity index (χ0n) is 9.53. The first kappa shape index (κ1) is 11.0. The van der Waals surface area contributed by atoms with Crippen LogP contribution in [-0.4, -0.2) is 24.3 Å². The number of ether oxygens (including phenoxy) is 3. The normalized spacial score (nSPS) is 32.2. The summed E-state index contributed by atoms with van der Waals surface area (Å²) < 4.78 is 15.5. The van der Waals surface area contributed by atoms with Gasteiger partial charge in [0.25, 0.3) is 5.79 Å². The molecule has 0 aromatic rings. The summed E-state index contributed by atoms with van der Waals surface area (Å²) in [7, 11) is 0. The highest BCUT2D eigenvalue weighted by Crippen LogP contribution is 2.47. The molecule has 2 aliphatic rings. The fraction of sp³-hybridized carbons (Fsp3) is 0.636. The van der Waals surface area contributed by atoms with Crippen LogP contribution in [0.15, 0.2) is 11.3 Å². The van der Waals surface area contributed by atoms with Gasteiger partial charge in [0.05, 0.1) is 24.5 Å². The Morgan fingerprint density at radius 2 is 2.25 bits per heavy atom. The molecule has 1 saturated heterocycles. The van der Waals surface area contributed by atoms with Crippen molar-refractivity contribution in [3.8, 4) is 0 Å². The Bertz CT molecular complexity index is 384. The van der Waals surface area contributed by atoms with Crippen molar-refractivity contribution < 1.29 is 23.8 Å². The minimum atomic E-state index is -1.02. The van der Waals surface area contributed by atoms with Crippen LogP contribution < -0.4 is 0 Å². The van der Waals surface area contributed by atoms with Gasteiger partial charge in [-0.05, 0) is 13.8 Å². The molecule has 0 bridgehead atoms. The number of carbonyl (C=O) groups excluding carboxylic acids is 2. The molecular formula is C11H14O5. The van der Waals surface area contributed by atoms with E-state index in [0.29, 0.717) is 17.9 Å². The fourth-order valence-corrected chi connectivity index (χ4v) is 2.25. The van der Waals surface area contributed by atoms with Crippen LogP contribution in [0.25, 0.3) is 0 Å². The Labute approximate surface area is 93.4 Å². The van der Waals surface area contributed by atoms with Crippen molar-refractivity contribution >= 4 is 11.9 Å². The lowest BCUT2D eigenvalue weighted by Gasteiger charge is -2.22. The first-order valence-electron chi connectivity index (χ1n) is 5.26. The molecule has 0 radical (unpaired) electrons. The summed E-state index contributed by atoms with van der Waals surface area (Å²) in [6.45, 7) is 5.38. The monoisotopic (exact) mass is 226 g/mol. The topological polar surface area (TPSA) is 61.8 Å². The Morgan fingerprint density at radius 1 is 1.56 bits per heavy atom. The average Bonchev–Trinajstić information content (AvgIpc) is 2.52. The number of hydrogen-bond donors (Lipinski definition) is 0. The molecule has 0 aromatic heterocycles. The fourth-order valence-electron chi connectivity index (χ4n) is 2.25. The van der Waals surface area contributed by atoms with E-state index in [9.17, 15) is 9.59 Å². The molecule has 0 unspecified atom stereocenters. The minimum absolute atomic E-state index is 0.169. The standard InChI is InChI=1S/C11H14O5/c1-4-14-10(13)9-6(2)15-11(3)7(9)5-8(12)16-11/h7H,4-5H2,1-3H3/t7-,11-/m0/s1. The molecular weight excluding hydrogens is 212 g/mol. The minimum Gasteiger partial charge on any atom is -0.463 e. The van der Waals surface area contributed by atoms with Crippen molar-refractivity contribution in [3.63, 3.8) is 0 Å². The molecule has 2 rings (SSSR count). The lowest BCUT2D eigenvalue weighted by Crippen LogP contribution is -2.31. The molecule has 5 nitrogen and oxygen atoms in total. The maximum atomic E-state index is 11.7. The number of hydrogen-bond acceptors (Lipinski definition) is 5. The van der Waals surface area contributed by atoms with Crippen molar-refractivity contribution in [2.45, 2.75) is 33.0 Å². The van der Waals surface area contributed by atoms with E-state index in [1.807, 2.05) is 0 Å². The molecule has 0 aromatic carbocycles. The van der Waals surface area contributed by atoms with Gasteiger partial charge in [0.15, 0.2) is 0 Å². The first-order valence-corrected chi connectivity index (χ1v) is 5.26. The van der Waals surface area contributed by atoms with Gasteiger partial charge in [0.2, 0.25) is 0 Å². The third kappa shape index (κ3) is 1.47. The van der Waals surface area contributed by atoms with Gasteiger partial charge in [-0.25, -0.2) is 4.79 Å². The summed E-state index contributed by atoms with van der Waals surface area (Å²) in [4.78, 5) is 22.9. The van der Waals surface area contributed by atoms with Gasteiger partial charge in [-0.15, -0.1) is 0 Å². The van der Waals surface area contributed by atoms with E-state index in [2.05, 4.69) is 0 Å². The van der Waals surface area contributed by atoms with Gasteiger partial charge in [-0.2, -0.15) is 0 Å². The van der Waals surface area contributed by atoms with E-state index in [4.69, 9.17) is 14.2 Å². The van der Waals surface area contributed by atoms with Gasteiger partial charge in [0.1, 0.15) is 5.76 Å². The molecule has 2 atom stereocenters. The Kier molecular flexibility index (Phi) is 2.40.